The topological polar surface area (TPSA) is 98.2 Å². The molecule has 2 unspecified atom stereocenters. The summed E-state index contributed by atoms with van der Waals surface area (Å²) in [6.07, 6.45) is 2.46. The number of carbonyl (C=O) groups excluding carboxylic acids is 1. The first-order valence-electron chi connectivity index (χ1n) is 6.50. The molecule has 1 amide bonds. The molecule has 7 heteroatoms. The van der Waals surface area contributed by atoms with Crippen LogP contribution in [0.15, 0.2) is 0 Å². The lowest BCUT2D eigenvalue weighted by molar-refractivity contribution is -0.150. The van der Waals surface area contributed by atoms with Crippen LogP contribution in [0.2, 0.25) is 0 Å². The van der Waals surface area contributed by atoms with Gasteiger partial charge in [-0.05, 0) is 32.2 Å². The molecule has 0 aromatic heterocycles. The van der Waals surface area contributed by atoms with Gasteiger partial charge in [0.1, 0.15) is 12.1 Å². The van der Waals surface area contributed by atoms with Crippen molar-refractivity contribution in [2.24, 2.45) is 0 Å². The second-order valence-electron chi connectivity index (χ2n) is 5.05. The number of aliphatic carboxylic acids is 2. The van der Waals surface area contributed by atoms with Gasteiger partial charge in [0.2, 0.25) is 5.91 Å². The molecule has 2 heterocycles. The van der Waals surface area contributed by atoms with E-state index in [0.717, 1.165) is 6.42 Å². The van der Waals surface area contributed by atoms with Crippen LogP contribution in [-0.2, 0) is 14.4 Å². The number of carbonyl (C=O) groups is 3. The van der Waals surface area contributed by atoms with Crippen LogP contribution < -0.4 is 0 Å². The number of carboxylic acid groups (broad SMARTS) is 2. The normalized spacial score (nSPS) is 27.7. The van der Waals surface area contributed by atoms with Crippen LogP contribution in [0.25, 0.3) is 0 Å². The maximum Gasteiger partial charge on any atom is 0.326 e. The van der Waals surface area contributed by atoms with Crippen LogP contribution in [0.4, 0.5) is 0 Å². The third-order valence-corrected chi connectivity index (χ3v) is 3.85. The summed E-state index contributed by atoms with van der Waals surface area (Å²) in [5.74, 6) is -2.18. The van der Waals surface area contributed by atoms with Gasteiger partial charge in [0.05, 0.1) is 6.54 Å². The van der Waals surface area contributed by atoms with E-state index in [1.165, 1.54) is 4.90 Å². The molecule has 0 saturated carbocycles. The van der Waals surface area contributed by atoms with Gasteiger partial charge in [-0.2, -0.15) is 0 Å². The number of hydrogen-bond donors (Lipinski definition) is 2. The van der Waals surface area contributed by atoms with Crippen LogP contribution >= 0.6 is 0 Å². The van der Waals surface area contributed by atoms with Crippen molar-refractivity contribution >= 4 is 17.8 Å². The summed E-state index contributed by atoms with van der Waals surface area (Å²) in [7, 11) is 0. The van der Waals surface area contributed by atoms with E-state index in [4.69, 9.17) is 10.2 Å². The first kappa shape index (κ1) is 13.8. The van der Waals surface area contributed by atoms with Gasteiger partial charge >= 0.3 is 11.9 Å². The molecule has 2 rings (SSSR count). The summed E-state index contributed by atoms with van der Waals surface area (Å²) >= 11 is 0. The summed E-state index contributed by atoms with van der Waals surface area (Å²) in [5.41, 5.74) is 0. The van der Waals surface area contributed by atoms with Gasteiger partial charge < -0.3 is 15.1 Å². The van der Waals surface area contributed by atoms with E-state index in [1.54, 1.807) is 4.90 Å². The van der Waals surface area contributed by atoms with Gasteiger partial charge in [-0.25, -0.2) is 4.79 Å². The fraction of sp³-hybridized carbons (Fsp3) is 0.750. The number of likely N-dealkylation sites (tertiary alicyclic amines) is 2. The molecule has 0 spiro atoms. The van der Waals surface area contributed by atoms with E-state index >= 15 is 0 Å². The molecule has 2 aliphatic heterocycles. The summed E-state index contributed by atoms with van der Waals surface area (Å²) in [5, 5.41) is 18.1. The molecule has 0 aliphatic carbocycles. The minimum atomic E-state index is -0.984. The summed E-state index contributed by atoms with van der Waals surface area (Å²) in [6, 6.07) is -1.37. The van der Waals surface area contributed by atoms with Crippen molar-refractivity contribution in [3.05, 3.63) is 0 Å². The molecule has 0 radical (unpaired) electrons. The lowest BCUT2D eigenvalue weighted by Crippen LogP contribution is -2.47. The monoisotopic (exact) mass is 270 g/mol. The highest BCUT2D eigenvalue weighted by Crippen LogP contribution is 2.21. The Bertz CT molecular complexity index is 398. The Morgan fingerprint density at radius 2 is 1.53 bits per heavy atom. The zero-order chi connectivity index (χ0) is 14.0. The average Bonchev–Trinajstić information content (AvgIpc) is 2.96. The molecule has 2 fully saturated rings. The first-order chi connectivity index (χ1) is 9.00. The molecule has 0 aromatic carbocycles. The molecule has 7 nitrogen and oxygen atoms in total. The molecule has 0 bridgehead atoms. The predicted octanol–water partition coefficient (Wildman–Crippen LogP) is -0.389. The van der Waals surface area contributed by atoms with Crippen molar-refractivity contribution in [1.29, 1.82) is 0 Å². The predicted molar refractivity (Wildman–Crippen MR) is 64.6 cm³/mol. The SMILES string of the molecule is O=C(O)C1CCCN1CC(=O)N1CCCC1C(=O)O. The van der Waals surface area contributed by atoms with Gasteiger partial charge in [0.25, 0.3) is 0 Å². The van der Waals surface area contributed by atoms with E-state index in [-0.39, 0.29) is 12.5 Å². The number of nitrogens with zero attached hydrogens (tertiary/aromatic N) is 2. The molecule has 0 aromatic rings. The summed E-state index contributed by atoms with van der Waals surface area (Å²) < 4.78 is 0. The van der Waals surface area contributed by atoms with Crippen molar-refractivity contribution in [2.75, 3.05) is 19.6 Å². The third-order valence-electron chi connectivity index (χ3n) is 3.85. The minimum absolute atomic E-state index is 0.000741. The Hall–Kier alpha value is -1.63. The fourth-order valence-electron chi connectivity index (χ4n) is 2.88. The first-order valence-corrected chi connectivity index (χ1v) is 6.50. The summed E-state index contributed by atoms with van der Waals surface area (Å²) in [6.45, 7) is 1.02. The Kier molecular flexibility index (Phi) is 4.04. The number of hydrogen-bond acceptors (Lipinski definition) is 4. The minimum Gasteiger partial charge on any atom is -0.480 e. The third kappa shape index (κ3) is 2.86. The van der Waals surface area contributed by atoms with Crippen LogP contribution in [0, 0.1) is 0 Å². The Balaban J connectivity index is 1.97. The van der Waals surface area contributed by atoms with E-state index in [2.05, 4.69) is 0 Å². The van der Waals surface area contributed by atoms with Gasteiger partial charge in [0, 0.05) is 6.54 Å². The molecular weight excluding hydrogens is 252 g/mol. The zero-order valence-electron chi connectivity index (χ0n) is 10.6. The van der Waals surface area contributed by atoms with Crippen molar-refractivity contribution in [2.45, 2.75) is 37.8 Å². The van der Waals surface area contributed by atoms with Crippen LogP contribution in [0.3, 0.4) is 0 Å². The van der Waals surface area contributed by atoms with E-state index in [1.807, 2.05) is 0 Å². The van der Waals surface area contributed by atoms with Gasteiger partial charge in [-0.15, -0.1) is 0 Å². The molecule has 19 heavy (non-hydrogen) atoms. The van der Waals surface area contributed by atoms with Crippen molar-refractivity contribution in [3.63, 3.8) is 0 Å². The lowest BCUT2D eigenvalue weighted by atomic mass is 10.2. The molecule has 2 N–H and O–H groups in total. The van der Waals surface area contributed by atoms with E-state index < -0.39 is 24.0 Å². The Labute approximate surface area is 110 Å². The van der Waals surface area contributed by atoms with Crippen molar-refractivity contribution in [3.8, 4) is 0 Å². The maximum absolute atomic E-state index is 12.1. The standard InChI is InChI=1S/C12H18N2O5/c15-10(14-6-2-4-9(14)12(18)19)7-13-5-1-3-8(13)11(16)17/h8-9H,1-7H2,(H,16,17)(H,18,19). The molecule has 2 atom stereocenters. The number of carboxylic acids is 2. The molecular formula is C12H18N2O5. The van der Waals surface area contributed by atoms with Gasteiger partial charge in [-0.1, -0.05) is 0 Å². The molecule has 106 valence electrons. The van der Waals surface area contributed by atoms with Crippen LogP contribution in [-0.4, -0.2) is 69.6 Å². The quantitative estimate of drug-likeness (QED) is 0.722. The van der Waals surface area contributed by atoms with E-state index in [9.17, 15) is 14.4 Å². The van der Waals surface area contributed by atoms with Crippen molar-refractivity contribution in [1.82, 2.24) is 9.80 Å². The Morgan fingerprint density at radius 1 is 0.947 bits per heavy atom. The lowest BCUT2D eigenvalue weighted by Gasteiger charge is -2.26. The largest absolute Gasteiger partial charge is 0.480 e. The smallest absolute Gasteiger partial charge is 0.326 e. The fourth-order valence-corrected chi connectivity index (χ4v) is 2.88. The number of rotatable bonds is 4. The number of amides is 1. The van der Waals surface area contributed by atoms with Crippen LogP contribution in [0.5, 0.6) is 0 Å². The van der Waals surface area contributed by atoms with Gasteiger partial charge in [0.15, 0.2) is 0 Å². The zero-order valence-corrected chi connectivity index (χ0v) is 10.6. The second-order valence-corrected chi connectivity index (χ2v) is 5.05. The average molecular weight is 270 g/mol. The molecule has 2 saturated heterocycles. The highest BCUT2D eigenvalue weighted by Gasteiger charge is 2.37. The van der Waals surface area contributed by atoms with Gasteiger partial charge in [-0.3, -0.25) is 14.5 Å². The highest BCUT2D eigenvalue weighted by molar-refractivity contribution is 5.86. The Morgan fingerprint density at radius 3 is 2.16 bits per heavy atom. The van der Waals surface area contributed by atoms with Crippen molar-refractivity contribution < 1.29 is 24.6 Å². The maximum atomic E-state index is 12.1. The van der Waals surface area contributed by atoms with Crippen LogP contribution in [0.1, 0.15) is 25.7 Å². The summed E-state index contributed by atoms with van der Waals surface area (Å²) in [4.78, 5) is 37.2. The highest BCUT2D eigenvalue weighted by atomic mass is 16.4. The second kappa shape index (κ2) is 5.56. The molecule has 2 aliphatic rings. The van der Waals surface area contributed by atoms with E-state index in [0.29, 0.717) is 32.4 Å².